The van der Waals surface area contributed by atoms with Crippen LogP contribution in [0.2, 0.25) is 0 Å². The van der Waals surface area contributed by atoms with Crippen molar-refractivity contribution in [3.63, 3.8) is 0 Å². The van der Waals surface area contributed by atoms with Crippen molar-refractivity contribution in [1.29, 1.82) is 0 Å². The summed E-state index contributed by atoms with van der Waals surface area (Å²) < 4.78 is 15.9. The molecule has 2 unspecified atom stereocenters. The van der Waals surface area contributed by atoms with Crippen LogP contribution in [0.15, 0.2) is 48.8 Å². The number of pyridine rings is 1. The van der Waals surface area contributed by atoms with Crippen molar-refractivity contribution in [2.45, 2.75) is 77.2 Å². The summed E-state index contributed by atoms with van der Waals surface area (Å²) in [6, 6.07) is 12.1. The van der Waals surface area contributed by atoms with Crippen molar-refractivity contribution < 1.29 is 9.47 Å². The third-order valence-electron chi connectivity index (χ3n) is 7.96. The lowest BCUT2D eigenvalue weighted by molar-refractivity contribution is 0.0160. The van der Waals surface area contributed by atoms with Crippen LogP contribution in [0.3, 0.4) is 0 Å². The van der Waals surface area contributed by atoms with Crippen LogP contribution >= 0.6 is 0 Å². The van der Waals surface area contributed by atoms with Crippen molar-refractivity contribution in [3.8, 4) is 16.9 Å². The zero-order valence-electron chi connectivity index (χ0n) is 23.5. The van der Waals surface area contributed by atoms with Gasteiger partial charge in [0.15, 0.2) is 5.65 Å². The van der Waals surface area contributed by atoms with Gasteiger partial charge in [-0.15, -0.1) is 5.10 Å². The number of nitrogen functional groups attached to an aromatic ring is 1. The Morgan fingerprint density at radius 2 is 1.88 bits per heavy atom. The highest BCUT2D eigenvalue weighted by molar-refractivity contribution is 5.78. The van der Waals surface area contributed by atoms with E-state index in [4.69, 9.17) is 25.3 Å². The van der Waals surface area contributed by atoms with E-state index in [-0.39, 0.29) is 18.4 Å². The molecule has 10 nitrogen and oxygen atoms in total. The van der Waals surface area contributed by atoms with Crippen LogP contribution in [0.4, 0.5) is 17.5 Å². The van der Waals surface area contributed by atoms with Gasteiger partial charge in [-0.3, -0.25) is 0 Å². The Morgan fingerprint density at radius 3 is 2.67 bits per heavy atom. The first-order valence-electron chi connectivity index (χ1n) is 14.7. The number of nitrogens with zero attached hydrogens (tertiary/aromatic N) is 6. The molecule has 1 aliphatic carbocycles. The van der Waals surface area contributed by atoms with Gasteiger partial charge >= 0.3 is 0 Å². The number of aromatic nitrogens is 5. The lowest BCUT2D eigenvalue weighted by Crippen LogP contribution is -2.33. The van der Waals surface area contributed by atoms with Gasteiger partial charge in [-0.25, -0.2) is 4.68 Å². The molecule has 3 atom stereocenters. The van der Waals surface area contributed by atoms with Crippen molar-refractivity contribution in [2.75, 3.05) is 35.6 Å². The van der Waals surface area contributed by atoms with Gasteiger partial charge in [-0.1, -0.05) is 0 Å². The van der Waals surface area contributed by atoms with Crippen LogP contribution < -0.4 is 20.7 Å². The minimum absolute atomic E-state index is 0.119. The van der Waals surface area contributed by atoms with Crippen molar-refractivity contribution in [2.24, 2.45) is 0 Å². The Balaban J connectivity index is 1.25. The topological polar surface area (TPSA) is 108 Å². The molecule has 0 spiro atoms. The fourth-order valence-electron chi connectivity index (χ4n) is 5.93. The fraction of sp³-hybridized carbons (Fsp3) is 0.500. The summed E-state index contributed by atoms with van der Waals surface area (Å²) in [7, 11) is 0. The minimum Gasteiger partial charge on any atom is -0.490 e. The molecule has 1 saturated heterocycles. The molecule has 4 aromatic rings. The van der Waals surface area contributed by atoms with E-state index < -0.39 is 0 Å². The maximum Gasteiger partial charge on any atom is 0.243 e. The number of hydrogen-bond donors (Lipinski definition) is 2. The van der Waals surface area contributed by atoms with E-state index in [1.54, 1.807) is 0 Å². The summed E-state index contributed by atoms with van der Waals surface area (Å²) in [5.74, 6) is 2.60. The summed E-state index contributed by atoms with van der Waals surface area (Å²) in [4.78, 5) is 7.34. The number of rotatable bonds is 9. The molecule has 3 aromatic heterocycles. The van der Waals surface area contributed by atoms with E-state index in [2.05, 4.69) is 33.6 Å². The SMILES string of the molecule is CCOC(C)n1cc(-c2ccc3nc(NC4CCC[C@H](Oc5ccc(N)cc5)C4)nn3c2N2CCCCC2)cn1. The smallest absolute Gasteiger partial charge is 0.243 e. The average Bonchev–Trinajstić information content (AvgIpc) is 3.62. The van der Waals surface area contributed by atoms with E-state index in [0.29, 0.717) is 12.6 Å². The standard InChI is InChI=1S/C30H40N8O2/c1-3-39-21(2)37-20-22(19-32-37)27-14-15-28-34-30(35-38(28)29(27)36-16-5-4-6-17-36)33-24-8-7-9-26(18-24)40-25-12-10-23(31)11-13-25/h10-15,19-21,24,26H,3-9,16-18,31H2,1-2H3,(H,33,35)/t21?,24?,26-/m0/s1. The average molecular weight is 545 g/mol. The molecule has 1 saturated carbocycles. The van der Waals surface area contributed by atoms with Crippen molar-refractivity contribution in [3.05, 3.63) is 48.8 Å². The van der Waals surface area contributed by atoms with Crippen molar-refractivity contribution >= 4 is 23.1 Å². The molecule has 1 aromatic carbocycles. The second kappa shape index (κ2) is 11.8. The highest BCUT2D eigenvalue weighted by Gasteiger charge is 2.26. The molecule has 1 aliphatic heterocycles. The molecule has 0 amide bonds. The van der Waals surface area contributed by atoms with Gasteiger partial charge < -0.3 is 25.4 Å². The number of anilines is 3. The van der Waals surface area contributed by atoms with Crippen molar-refractivity contribution in [1.82, 2.24) is 24.4 Å². The van der Waals surface area contributed by atoms with Gasteiger partial charge in [-0.05, 0) is 88.8 Å². The highest BCUT2D eigenvalue weighted by atomic mass is 16.5. The summed E-state index contributed by atoms with van der Waals surface area (Å²) in [5.41, 5.74) is 9.57. The molecule has 3 N–H and O–H groups in total. The summed E-state index contributed by atoms with van der Waals surface area (Å²) in [6.07, 6.45) is 11.7. The summed E-state index contributed by atoms with van der Waals surface area (Å²) >= 11 is 0. The lowest BCUT2D eigenvalue weighted by atomic mass is 9.93. The molecule has 10 heteroatoms. The third-order valence-corrected chi connectivity index (χ3v) is 7.96. The number of ether oxygens (including phenoxy) is 2. The number of nitrogens with two attached hydrogens (primary N) is 1. The molecule has 0 radical (unpaired) electrons. The quantitative estimate of drug-likeness (QED) is 0.265. The predicted molar refractivity (Wildman–Crippen MR) is 158 cm³/mol. The second-order valence-corrected chi connectivity index (χ2v) is 10.9. The largest absolute Gasteiger partial charge is 0.490 e. The first-order valence-corrected chi connectivity index (χ1v) is 14.7. The minimum atomic E-state index is -0.119. The van der Waals surface area contributed by atoms with Gasteiger partial charge in [0.25, 0.3) is 0 Å². The van der Waals surface area contributed by atoms with Gasteiger partial charge in [-0.2, -0.15) is 14.6 Å². The summed E-state index contributed by atoms with van der Waals surface area (Å²) in [6.45, 7) is 6.67. The zero-order valence-corrected chi connectivity index (χ0v) is 23.5. The number of piperidine rings is 1. The van der Waals surface area contributed by atoms with Crippen LogP contribution in [-0.2, 0) is 4.74 Å². The second-order valence-electron chi connectivity index (χ2n) is 10.9. The summed E-state index contributed by atoms with van der Waals surface area (Å²) in [5, 5.41) is 13.2. The zero-order chi connectivity index (χ0) is 27.5. The number of fused-ring (bicyclic) bond motifs is 1. The molecule has 4 heterocycles. The normalized spacial score (nSPS) is 20.5. The lowest BCUT2D eigenvalue weighted by Gasteiger charge is -2.30. The first kappa shape index (κ1) is 26.4. The molecule has 0 bridgehead atoms. The van der Waals surface area contributed by atoms with E-state index in [0.717, 1.165) is 72.8 Å². The van der Waals surface area contributed by atoms with Crippen LogP contribution in [0.25, 0.3) is 16.8 Å². The Hall–Kier alpha value is -3.79. The van der Waals surface area contributed by atoms with Crippen LogP contribution in [0, 0.1) is 0 Å². The number of nitrogens with one attached hydrogen (secondary N) is 1. The maximum atomic E-state index is 6.27. The molecule has 2 fully saturated rings. The van der Waals surface area contributed by atoms with Gasteiger partial charge in [0, 0.05) is 55.2 Å². The number of hydrogen-bond acceptors (Lipinski definition) is 8. The van der Waals surface area contributed by atoms with E-state index in [9.17, 15) is 0 Å². The fourth-order valence-corrected chi connectivity index (χ4v) is 5.93. The molecular weight excluding hydrogens is 504 g/mol. The monoisotopic (exact) mass is 544 g/mol. The molecule has 212 valence electrons. The van der Waals surface area contributed by atoms with Crippen LogP contribution in [-0.4, -0.2) is 56.2 Å². The Labute approximate surface area is 235 Å². The Bertz CT molecular complexity index is 1410. The molecular formula is C30H40N8O2. The van der Waals surface area contributed by atoms with E-state index >= 15 is 0 Å². The predicted octanol–water partition coefficient (Wildman–Crippen LogP) is 5.52. The molecule has 2 aliphatic rings. The third kappa shape index (κ3) is 5.72. The van der Waals surface area contributed by atoms with Crippen LogP contribution in [0.1, 0.15) is 65.0 Å². The molecule has 40 heavy (non-hydrogen) atoms. The first-order chi connectivity index (χ1) is 19.6. The Kier molecular flexibility index (Phi) is 7.77. The van der Waals surface area contributed by atoms with Gasteiger partial charge in [0.05, 0.1) is 6.20 Å². The van der Waals surface area contributed by atoms with E-state index in [1.807, 2.05) is 53.5 Å². The van der Waals surface area contributed by atoms with Gasteiger partial charge in [0.1, 0.15) is 23.9 Å². The number of benzene rings is 1. The van der Waals surface area contributed by atoms with E-state index in [1.165, 1.54) is 19.3 Å². The molecule has 6 rings (SSSR count). The highest BCUT2D eigenvalue weighted by Crippen LogP contribution is 2.34. The van der Waals surface area contributed by atoms with Gasteiger partial charge in [0.2, 0.25) is 5.95 Å². The van der Waals surface area contributed by atoms with Crippen LogP contribution in [0.5, 0.6) is 5.75 Å². The Morgan fingerprint density at radius 1 is 1.05 bits per heavy atom. The maximum absolute atomic E-state index is 6.27.